The van der Waals surface area contributed by atoms with Crippen molar-refractivity contribution < 1.29 is 31.1 Å². The normalized spacial score (nSPS) is 15.6. The van der Waals surface area contributed by atoms with Crippen LogP contribution in [0.15, 0.2) is 17.1 Å². The Balaban J connectivity index is 1.96. The lowest BCUT2D eigenvalue weighted by atomic mass is 10.2. The number of amidine groups is 2. The fourth-order valence-electron chi connectivity index (χ4n) is 2.28. The third-order valence-corrected chi connectivity index (χ3v) is 3.66. The number of carbonyl (C=O) groups is 1. The number of rotatable bonds is 3. The van der Waals surface area contributed by atoms with Gasteiger partial charge in [0, 0.05) is 24.7 Å². The van der Waals surface area contributed by atoms with Crippen molar-refractivity contribution in [2.45, 2.75) is 12.7 Å². The Hall–Kier alpha value is -2.92. The Morgan fingerprint density at radius 1 is 1.15 bits per heavy atom. The minimum atomic E-state index is -4.91. The zero-order valence-corrected chi connectivity index (χ0v) is 13.6. The van der Waals surface area contributed by atoms with Crippen LogP contribution in [0.4, 0.5) is 26.3 Å². The maximum absolute atomic E-state index is 13.5. The van der Waals surface area contributed by atoms with Crippen molar-refractivity contribution in [1.82, 2.24) is 9.80 Å². The molecule has 1 aliphatic heterocycles. The molecule has 2 N–H and O–H groups in total. The van der Waals surface area contributed by atoms with Crippen LogP contribution in [-0.4, -0.2) is 59.4 Å². The van der Waals surface area contributed by atoms with Gasteiger partial charge in [-0.2, -0.15) is 13.2 Å². The van der Waals surface area contributed by atoms with Crippen molar-refractivity contribution in [2.75, 3.05) is 19.6 Å². The topological polar surface area (TPSA) is 83.6 Å². The predicted octanol–water partition coefficient (Wildman–Crippen LogP) is 2.34. The molecule has 1 fully saturated rings. The maximum Gasteiger partial charge on any atom is 0.449 e. The highest BCUT2D eigenvalue weighted by atomic mass is 19.4. The molecular formula is C15H13F6N5O. The number of benzene rings is 1. The van der Waals surface area contributed by atoms with Crippen LogP contribution in [0.5, 0.6) is 0 Å². The number of hydrogen-bond donors (Lipinski definition) is 2. The van der Waals surface area contributed by atoms with Gasteiger partial charge in [-0.15, -0.1) is 0 Å². The number of amides is 1. The van der Waals surface area contributed by atoms with E-state index in [-0.39, 0.29) is 12.1 Å². The zero-order chi connectivity index (χ0) is 20.4. The van der Waals surface area contributed by atoms with Crippen LogP contribution in [0.2, 0.25) is 0 Å². The molecule has 1 aromatic rings. The standard InChI is InChI=1S/C15H13F6N5O/c16-9-4-11(18)10(17)3-8(9)5-24-6-13(27)25-1-2-26(12(22)7-25)14(23)15(19,20)21/h3-4,6,22-23H,1-2,5,7H2. The summed E-state index contributed by atoms with van der Waals surface area (Å²) < 4.78 is 76.9. The van der Waals surface area contributed by atoms with E-state index in [0.29, 0.717) is 17.0 Å². The minimum absolute atomic E-state index is 0.189. The maximum atomic E-state index is 13.5. The highest BCUT2D eigenvalue weighted by Crippen LogP contribution is 2.20. The van der Waals surface area contributed by atoms with E-state index >= 15 is 0 Å². The molecule has 0 atom stereocenters. The first-order chi connectivity index (χ1) is 12.5. The first-order valence-corrected chi connectivity index (χ1v) is 7.43. The van der Waals surface area contributed by atoms with E-state index in [9.17, 15) is 31.1 Å². The largest absolute Gasteiger partial charge is 0.449 e. The van der Waals surface area contributed by atoms with E-state index in [1.165, 1.54) is 0 Å². The third-order valence-electron chi connectivity index (χ3n) is 3.66. The summed E-state index contributed by atoms with van der Waals surface area (Å²) in [6.45, 7) is -1.51. The SMILES string of the molecule is N=C1CN(C(=O)C=NCc2cc(F)c(F)cc2F)CCN1C(=N)C(F)(F)F. The molecule has 0 spiro atoms. The molecule has 1 saturated heterocycles. The molecule has 12 heteroatoms. The number of carbonyl (C=O) groups excluding carboxylic acids is 1. The summed E-state index contributed by atoms with van der Waals surface area (Å²) in [4.78, 5) is 17.0. The van der Waals surface area contributed by atoms with Crippen molar-refractivity contribution >= 4 is 23.8 Å². The molecule has 1 aromatic carbocycles. The minimum Gasteiger partial charge on any atom is -0.329 e. The summed E-state index contributed by atoms with van der Waals surface area (Å²) in [6, 6.07) is 0.946. The first kappa shape index (κ1) is 20.4. The van der Waals surface area contributed by atoms with Gasteiger partial charge in [0.2, 0.25) is 5.84 Å². The monoisotopic (exact) mass is 393 g/mol. The van der Waals surface area contributed by atoms with Gasteiger partial charge >= 0.3 is 6.18 Å². The van der Waals surface area contributed by atoms with Gasteiger partial charge in [0.05, 0.1) is 19.3 Å². The average Bonchev–Trinajstić information content (AvgIpc) is 2.57. The van der Waals surface area contributed by atoms with E-state index in [1.54, 1.807) is 0 Å². The lowest BCUT2D eigenvalue weighted by molar-refractivity contribution is -0.123. The fourth-order valence-corrected chi connectivity index (χ4v) is 2.28. The molecule has 6 nitrogen and oxygen atoms in total. The second-order valence-electron chi connectivity index (χ2n) is 5.53. The highest BCUT2D eigenvalue weighted by Gasteiger charge is 2.41. The van der Waals surface area contributed by atoms with Gasteiger partial charge in [0.1, 0.15) is 11.7 Å². The van der Waals surface area contributed by atoms with E-state index in [0.717, 1.165) is 11.1 Å². The number of aliphatic imine (C=N–C) groups is 1. The van der Waals surface area contributed by atoms with Gasteiger partial charge in [0.15, 0.2) is 11.6 Å². The summed E-state index contributed by atoms with van der Waals surface area (Å²) in [6.07, 6.45) is -4.15. The Morgan fingerprint density at radius 3 is 2.37 bits per heavy atom. The van der Waals surface area contributed by atoms with E-state index in [4.69, 9.17) is 10.8 Å². The number of piperazine rings is 1. The molecule has 146 valence electrons. The van der Waals surface area contributed by atoms with Crippen LogP contribution in [0.1, 0.15) is 5.56 Å². The van der Waals surface area contributed by atoms with E-state index < -0.39 is 60.8 Å². The van der Waals surface area contributed by atoms with Gasteiger partial charge in [-0.1, -0.05) is 0 Å². The summed E-state index contributed by atoms with van der Waals surface area (Å²) in [5.41, 5.74) is -0.283. The van der Waals surface area contributed by atoms with Crippen LogP contribution in [0, 0.1) is 28.3 Å². The number of alkyl halides is 3. The van der Waals surface area contributed by atoms with Crippen LogP contribution in [0.3, 0.4) is 0 Å². The van der Waals surface area contributed by atoms with Gasteiger partial charge in [0.25, 0.3) is 5.91 Å². The molecule has 1 amide bonds. The zero-order valence-electron chi connectivity index (χ0n) is 13.6. The van der Waals surface area contributed by atoms with Crippen LogP contribution in [-0.2, 0) is 11.3 Å². The summed E-state index contributed by atoms with van der Waals surface area (Å²) in [7, 11) is 0. The smallest absolute Gasteiger partial charge is 0.329 e. The highest BCUT2D eigenvalue weighted by molar-refractivity contribution is 6.26. The number of nitrogens with zero attached hydrogens (tertiary/aromatic N) is 3. The van der Waals surface area contributed by atoms with Crippen molar-refractivity contribution in [3.63, 3.8) is 0 Å². The lowest BCUT2D eigenvalue weighted by Gasteiger charge is -2.36. The Morgan fingerprint density at radius 2 is 1.78 bits per heavy atom. The van der Waals surface area contributed by atoms with E-state index in [2.05, 4.69) is 4.99 Å². The molecule has 0 saturated carbocycles. The fraction of sp³-hybridized carbons (Fsp3) is 0.333. The number of nitrogens with one attached hydrogen (secondary N) is 2. The van der Waals surface area contributed by atoms with E-state index in [1.807, 2.05) is 0 Å². The molecule has 0 unspecified atom stereocenters. The quantitative estimate of drug-likeness (QED) is 0.358. The number of halogens is 6. The summed E-state index contributed by atoms with van der Waals surface area (Å²) in [5, 5.41) is 14.6. The Labute approximate surface area is 149 Å². The van der Waals surface area contributed by atoms with Gasteiger partial charge in [-0.3, -0.25) is 20.6 Å². The van der Waals surface area contributed by atoms with Crippen molar-refractivity contribution in [3.8, 4) is 0 Å². The molecule has 0 aliphatic carbocycles. The molecule has 0 bridgehead atoms. The number of hydrogen-bond acceptors (Lipinski definition) is 4. The molecular weight excluding hydrogens is 380 g/mol. The summed E-state index contributed by atoms with van der Waals surface area (Å²) in [5.74, 6) is -6.71. The second-order valence-corrected chi connectivity index (χ2v) is 5.53. The first-order valence-electron chi connectivity index (χ1n) is 7.43. The molecule has 0 aromatic heterocycles. The van der Waals surface area contributed by atoms with Crippen molar-refractivity contribution in [2.24, 2.45) is 4.99 Å². The third kappa shape index (κ3) is 4.83. The second kappa shape index (κ2) is 7.76. The van der Waals surface area contributed by atoms with Gasteiger partial charge < -0.3 is 9.80 Å². The van der Waals surface area contributed by atoms with Crippen molar-refractivity contribution in [1.29, 1.82) is 10.8 Å². The van der Waals surface area contributed by atoms with Crippen LogP contribution < -0.4 is 0 Å². The molecule has 27 heavy (non-hydrogen) atoms. The summed E-state index contributed by atoms with van der Waals surface area (Å²) >= 11 is 0. The van der Waals surface area contributed by atoms with Crippen molar-refractivity contribution in [3.05, 3.63) is 35.1 Å². The molecule has 2 rings (SSSR count). The van der Waals surface area contributed by atoms with Crippen LogP contribution >= 0.6 is 0 Å². The molecule has 0 radical (unpaired) electrons. The van der Waals surface area contributed by atoms with Gasteiger partial charge in [-0.25, -0.2) is 13.2 Å². The lowest BCUT2D eigenvalue weighted by Crippen LogP contribution is -2.56. The molecule has 1 aliphatic rings. The molecule has 1 heterocycles. The Kier molecular flexibility index (Phi) is 5.86. The predicted molar refractivity (Wildman–Crippen MR) is 83.3 cm³/mol. The Bertz CT molecular complexity index is 807. The van der Waals surface area contributed by atoms with Crippen LogP contribution in [0.25, 0.3) is 0 Å². The van der Waals surface area contributed by atoms with Gasteiger partial charge in [-0.05, 0) is 6.07 Å². The average molecular weight is 393 g/mol.